The molecule has 0 saturated heterocycles. The average Bonchev–Trinajstić information content (AvgIpc) is 2.38. The number of rotatable bonds is 10. The second-order valence-corrected chi connectivity index (χ2v) is 4.98. The van der Waals surface area contributed by atoms with Crippen molar-refractivity contribution in [3.63, 3.8) is 0 Å². The molecule has 19 heavy (non-hydrogen) atoms. The molecule has 112 valence electrons. The molecule has 0 bridgehead atoms. The molecule has 0 aromatic carbocycles. The maximum atomic E-state index is 11.9. The van der Waals surface area contributed by atoms with Crippen LogP contribution in [0.5, 0.6) is 0 Å². The normalized spacial score (nSPS) is 13.6. The lowest BCUT2D eigenvalue weighted by molar-refractivity contribution is -0.123. The van der Waals surface area contributed by atoms with Crippen LogP contribution in [-0.4, -0.2) is 36.7 Å². The standard InChI is InChI=1S/C13H27N3O3/c1-4-6-11(12(14)16-18)13(17)15-7-5-8-19-9-10(2)3/h10-11,18H,4-9H2,1-3H3,(H2,14,16)(H,15,17). The molecule has 0 aliphatic carbocycles. The molecular weight excluding hydrogens is 246 g/mol. The number of hydrogen-bond acceptors (Lipinski definition) is 4. The number of hydrogen-bond donors (Lipinski definition) is 3. The second kappa shape index (κ2) is 10.6. The predicted molar refractivity (Wildman–Crippen MR) is 75.1 cm³/mol. The molecule has 0 heterocycles. The first kappa shape index (κ1) is 17.7. The molecular formula is C13H27N3O3. The number of carbonyl (C=O) groups is 1. The van der Waals surface area contributed by atoms with Gasteiger partial charge in [0.1, 0.15) is 0 Å². The van der Waals surface area contributed by atoms with E-state index in [1.54, 1.807) is 0 Å². The Kier molecular flexibility index (Phi) is 9.88. The van der Waals surface area contributed by atoms with Gasteiger partial charge in [0.15, 0.2) is 5.84 Å². The third-order valence-corrected chi connectivity index (χ3v) is 2.58. The van der Waals surface area contributed by atoms with Crippen molar-refractivity contribution < 1.29 is 14.7 Å². The zero-order chi connectivity index (χ0) is 14.7. The monoisotopic (exact) mass is 273 g/mol. The van der Waals surface area contributed by atoms with Gasteiger partial charge in [-0.25, -0.2) is 0 Å². The number of nitrogens with one attached hydrogen (secondary N) is 1. The van der Waals surface area contributed by atoms with E-state index in [1.807, 2.05) is 6.92 Å². The van der Waals surface area contributed by atoms with Crippen LogP contribution in [0.4, 0.5) is 0 Å². The van der Waals surface area contributed by atoms with Gasteiger partial charge >= 0.3 is 0 Å². The number of nitrogens with zero attached hydrogens (tertiary/aromatic N) is 1. The van der Waals surface area contributed by atoms with Gasteiger partial charge in [0, 0.05) is 19.8 Å². The molecule has 6 nitrogen and oxygen atoms in total. The molecule has 0 aromatic heterocycles. The summed E-state index contributed by atoms with van der Waals surface area (Å²) in [6.45, 7) is 8.03. The third-order valence-electron chi connectivity index (χ3n) is 2.58. The van der Waals surface area contributed by atoms with Gasteiger partial charge in [0.05, 0.1) is 5.92 Å². The number of amidine groups is 1. The number of carbonyl (C=O) groups excluding carboxylic acids is 1. The summed E-state index contributed by atoms with van der Waals surface area (Å²) in [6.07, 6.45) is 2.13. The van der Waals surface area contributed by atoms with E-state index in [1.165, 1.54) is 0 Å². The molecule has 6 heteroatoms. The van der Waals surface area contributed by atoms with Crippen molar-refractivity contribution in [2.45, 2.75) is 40.0 Å². The molecule has 4 N–H and O–H groups in total. The smallest absolute Gasteiger partial charge is 0.230 e. The average molecular weight is 273 g/mol. The maximum absolute atomic E-state index is 11.9. The van der Waals surface area contributed by atoms with Gasteiger partial charge in [-0.3, -0.25) is 4.79 Å². The lowest BCUT2D eigenvalue weighted by atomic mass is 10.0. The second-order valence-electron chi connectivity index (χ2n) is 4.98. The van der Waals surface area contributed by atoms with Crippen LogP contribution in [0.3, 0.4) is 0 Å². The van der Waals surface area contributed by atoms with Gasteiger partial charge in [0.25, 0.3) is 0 Å². The van der Waals surface area contributed by atoms with Crippen LogP contribution in [-0.2, 0) is 9.53 Å². The van der Waals surface area contributed by atoms with Crippen molar-refractivity contribution in [2.75, 3.05) is 19.8 Å². The minimum absolute atomic E-state index is 0.0320. The highest BCUT2D eigenvalue weighted by atomic mass is 16.5. The largest absolute Gasteiger partial charge is 0.409 e. The van der Waals surface area contributed by atoms with Crippen LogP contribution in [0.1, 0.15) is 40.0 Å². The van der Waals surface area contributed by atoms with Crippen LogP contribution < -0.4 is 11.1 Å². The van der Waals surface area contributed by atoms with Crippen molar-refractivity contribution in [1.29, 1.82) is 0 Å². The molecule has 0 rings (SSSR count). The van der Waals surface area contributed by atoms with E-state index in [2.05, 4.69) is 24.3 Å². The molecule has 1 amide bonds. The van der Waals surface area contributed by atoms with E-state index in [-0.39, 0.29) is 11.7 Å². The molecule has 1 unspecified atom stereocenters. The molecule has 0 aliphatic heterocycles. The summed E-state index contributed by atoms with van der Waals surface area (Å²) in [5.74, 6) is -0.257. The van der Waals surface area contributed by atoms with E-state index in [0.717, 1.165) is 19.4 Å². The van der Waals surface area contributed by atoms with Crippen molar-refractivity contribution in [3.05, 3.63) is 0 Å². The summed E-state index contributed by atoms with van der Waals surface area (Å²) >= 11 is 0. The summed E-state index contributed by atoms with van der Waals surface area (Å²) in [4.78, 5) is 11.9. The summed E-state index contributed by atoms with van der Waals surface area (Å²) in [5.41, 5.74) is 5.50. The van der Waals surface area contributed by atoms with Crippen LogP contribution in [0, 0.1) is 11.8 Å². The topological polar surface area (TPSA) is 96.9 Å². The third kappa shape index (κ3) is 8.42. The molecule has 1 atom stereocenters. The van der Waals surface area contributed by atoms with Crippen LogP contribution >= 0.6 is 0 Å². The number of ether oxygens (including phenoxy) is 1. The maximum Gasteiger partial charge on any atom is 0.230 e. The molecule has 0 aromatic rings. The molecule has 0 spiro atoms. The Morgan fingerprint density at radius 1 is 1.47 bits per heavy atom. The van der Waals surface area contributed by atoms with Crippen LogP contribution in [0.25, 0.3) is 0 Å². The Hall–Kier alpha value is -1.30. The molecule has 0 radical (unpaired) electrons. The van der Waals surface area contributed by atoms with Crippen molar-refractivity contribution in [2.24, 2.45) is 22.7 Å². The van der Waals surface area contributed by atoms with Gasteiger partial charge in [-0.05, 0) is 18.8 Å². The summed E-state index contributed by atoms with van der Waals surface area (Å²) in [7, 11) is 0. The van der Waals surface area contributed by atoms with Crippen LogP contribution in [0.2, 0.25) is 0 Å². The van der Waals surface area contributed by atoms with E-state index < -0.39 is 5.92 Å². The lowest BCUT2D eigenvalue weighted by Crippen LogP contribution is -2.39. The minimum Gasteiger partial charge on any atom is -0.409 e. The highest BCUT2D eigenvalue weighted by Gasteiger charge is 2.21. The fraction of sp³-hybridized carbons (Fsp3) is 0.846. The van der Waals surface area contributed by atoms with Crippen LogP contribution in [0.15, 0.2) is 5.16 Å². The summed E-state index contributed by atoms with van der Waals surface area (Å²) < 4.78 is 5.41. The Balaban J connectivity index is 3.87. The Labute approximate surface area is 115 Å². The van der Waals surface area contributed by atoms with E-state index in [4.69, 9.17) is 15.7 Å². The number of oxime groups is 1. The number of nitrogens with two attached hydrogens (primary N) is 1. The predicted octanol–water partition coefficient (Wildman–Crippen LogP) is 1.33. The van der Waals surface area contributed by atoms with Gasteiger partial charge in [-0.2, -0.15) is 0 Å². The zero-order valence-electron chi connectivity index (χ0n) is 12.2. The first-order chi connectivity index (χ1) is 9.02. The molecule has 0 aliphatic rings. The van der Waals surface area contributed by atoms with Gasteiger partial charge in [-0.15, -0.1) is 0 Å². The summed E-state index contributed by atoms with van der Waals surface area (Å²) in [5, 5.41) is 14.3. The highest BCUT2D eigenvalue weighted by Crippen LogP contribution is 2.06. The number of amides is 1. The van der Waals surface area contributed by atoms with Crippen molar-refractivity contribution in [3.8, 4) is 0 Å². The fourth-order valence-electron chi connectivity index (χ4n) is 1.60. The summed E-state index contributed by atoms with van der Waals surface area (Å²) in [6, 6.07) is 0. The van der Waals surface area contributed by atoms with E-state index in [0.29, 0.717) is 25.5 Å². The SMILES string of the molecule is CCCC(C(=O)NCCCOCC(C)C)C(N)=NO. The fourth-order valence-corrected chi connectivity index (χ4v) is 1.60. The Morgan fingerprint density at radius 2 is 2.16 bits per heavy atom. The Bertz CT molecular complexity index is 280. The molecule has 0 saturated carbocycles. The Morgan fingerprint density at radius 3 is 2.68 bits per heavy atom. The quantitative estimate of drug-likeness (QED) is 0.184. The molecule has 0 fully saturated rings. The lowest BCUT2D eigenvalue weighted by Gasteiger charge is -2.14. The van der Waals surface area contributed by atoms with Crippen molar-refractivity contribution in [1.82, 2.24) is 5.32 Å². The zero-order valence-corrected chi connectivity index (χ0v) is 12.2. The van der Waals surface area contributed by atoms with E-state index in [9.17, 15) is 4.79 Å². The first-order valence-corrected chi connectivity index (χ1v) is 6.85. The highest BCUT2D eigenvalue weighted by molar-refractivity contribution is 6.01. The van der Waals surface area contributed by atoms with Crippen molar-refractivity contribution >= 4 is 11.7 Å². The minimum atomic E-state index is -0.549. The van der Waals surface area contributed by atoms with Gasteiger partial charge in [-0.1, -0.05) is 32.3 Å². The van der Waals surface area contributed by atoms with Gasteiger partial charge in [0.2, 0.25) is 5.91 Å². The first-order valence-electron chi connectivity index (χ1n) is 6.85. The van der Waals surface area contributed by atoms with E-state index >= 15 is 0 Å². The van der Waals surface area contributed by atoms with Gasteiger partial charge < -0.3 is 21.0 Å².